The van der Waals surface area contributed by atoms with E-state index in [9.17, 15) is 9.59 Å². The molecule has 6 nitrogen and oxygen atoms in total. The number of carbonyl (C=O) groups is 2. The van der Waals surface area contributed by atoms with Gasteiger partial charge in [0, 0.05) is 16.6 Å². The smallest absolute Gasteiger partial charge is 0.414 e. The van der Waals surface area contributed by atoms with Crippen LogP contribution in [0.3, 0.4) is 0 Å². The van der Waals surface area contributed by atoms with Crippen molar-refractivity contribution in [2.45, 2.75) is 0 Å². The molecule has 0 spiro atoms. The first-order chi connectivity index (χ1) is 10.2. The summed E-state index contributed by atoms with van der Waals surface area (Å²) in [5.74, 6) is -0.126. The number of benzene rings is 1. The Bertz CT molecular complexity index is 680. The highest BCUT2D eigenvalue weighted by atomic mass is 32.1. The van der Waals surface area contributed by atoms with Gasteiger partial charge in [0.05, 0.1) is 12.2 Å². The molecule has 2 heterocycles. The zero-order valence-electron chi connectivity index (χ0n) is 10.9. The molecule has 7 heteroatoms. The van der Waals surface area contributed by atoms with Crippen LogP contribution in [-0.4, -0.2) is 34.6 Å². The molecule has 0 bridgehead atoms. The quantitative estimate of drug-likeness (QED) is 0.640. The number of amides is 1. The van der Waals surface area contributed by atoms with E-state index in [4.69, 9.17) is 4.74 Å². The molecule has 1 aliphatic heterocycles. The standard InChI is InChI=1S/C14H11N3O3S/c18-13(6-3-11-9-21-16-15-11)10-1-4-12(5-2-10)17-7-8-20-14(17)19/h1-6,9H,7-8H2/b6-3-. The Hall–Kier alpha value is -2.54. The molecule has 21 heavy (non-hydrogen) atoms. The molecule has 106 valence electrons. The third kappa shape index (κ3) is 2.97. The summed E-state index contributed by atoms with van der Waals surface area (Å²) in [6.07, 6.45) is 2.72. The van der Waals surface area contributed by atoms with E-state index in [-0.39, 0.29) is 11.9 Å². The fourth-order valence-electron chi connectivity index (χ4n) is 1.94. The Morgan fingerprint density at radius 1 is 1.33 bits per heavy atom. The monoisotopic (exact) mass is 301 g/mol. The Kier molecular flexibility index (Phi) is 3.74. The van der Waals surface area contributed by atoms with Crippen molar-refractivity contribution in [2.75, 3.05) is 18.1 Å². The summed E-state index contributed by atoms with van der Waals surface area (Å²) in [7, 11) is 0. The molecule has 0 unspecified atom stereocenters. The summed E-state index contributed by atoms with van der Waals surface area (Å²) in [5, 5.41) is 5.58. The third-order valence-corrected chi connectivity index (χ3v) is 3.53. The van der Waals surface area contributed by atoms with Crippen LogP contribution in [0.2, 0.25) is 0 Å². The number of ketones is 1. The second-order valence-electron chi connectivity index (χ2n) is 4.34. The highest BCUT2D eigenvalue weighted by Crippen LogP contribution is 2.19. The van der Waals surface area contributed by atoms with Gasteiger partial charge in [-0.25, -0.2) is 4.79 Å². The molecule has 0 N–H and O–H groups in total. The van der Waals surface area contributed by atoms with Crippen LogP contribution in [0.15, 0.2) is 35.7 Å². The van der Waals surface area contributed by atoms with Crippen molar-refractivity contribution in [3.63, 3.8) is 0 Å². The zero-order valence-corrected chi connectivity index (χ0v) is 11.7. The van der Waals surface area contributed by atoms with E-state index >= 15 is 0 Å². The van der Waals surface area contributed by atoms with Crippen molar-refractivity contribution < 1.29 is 14.3 Å². The lowest BCUT2D eigenvalue weighted by Crippen LogP contribution is -2.23. The highest BCUT2D eigenvalue weighted by molar-refractivity contribution is 7.03. The van der Waals surface area contributed by atoms with Gasteiger partial charge in [0.15, 0.2) is 5.78 Å². The zero-order chi connectivity index (χ0) is 14.7. The van der Waals surface area contributed by atoms with Gasteiger partial charge in [0.25, 0.3) is 0 Å². The molecule has 1 saturated heterocycles. The van der Waals surface area contributed by atoms with Crippen molar-refractivity contribution in [3.05, 3.63) is 47.0 Å². The summed E-state index contributed by atoms with van der Waals surface area (Å²) in [5.41, 5.74) is 1.93. The van der Waals surface area contributed by atoms with Gasteiger partial charge in [-0.3, -0.25) is 9.69 Å². The minimum atomic E-state index is -0.356. The van der Waals surface area contributed by atoms with E-state index in [0.717, 1.165) is 5.69 Å². The molecule has 3 rings (SSSR count). The molecule has 1 fully saturated rings. The van der Waals surface area contributed by atoms with Gasteiger partial charge in [-0.15, -0.1) is 5.10 Å². The molecule has 1 aliphatic rings. The predicted molar refractivity (Wildman–Crippen MR) is 78.4 cm³/mol. The maximum absolute atomic E-state index is 12.0. The number of nitrogens with zero attached hydrogens (tertiary/aromatic N) is 3. The fraction of sp³-hybridized carbons (Fsp3) is 0.143. The first kappa shape index (κ1) is 13.4. The lowest BCUT2D eigenvalue weighted by Gasteiger charge is -2.12. The van der Waals surface area contributed by atoms with Crippen molar-refractivity contribution in [3.8, 4) is 0 Å². The molecule has 0 saturated carbocycles. The van der Waals surface area contributed by atoms with Crippen molar-refractivity contribution in [2.24, 2.45) is 0 Å². The number of rotatable bonds is 4. The summed E-state index contributed by atoms with van der Waals surface area (Å²) in [6, 6.07) is 6.84. The fourth-order valence-corrected chi connectivity index (χ4v) is 2.36. The van der Waals surface area contributed by atoms with Crippen molar-refractivity contribution >= 4 is 35.2 Å². The molecule has 1 aromatic heterocycles. The van der Waals surface area contributed by atoms with Gasteiger partial charge < -0.3 is 4.74 Å². The van der Waals surface area contributed by atoms with Gasteiger partial charge in [0.1, 0.15) is 6.61 Å². The van der Waals surface area contributed by atoms with E-state index in [2.05, 4.69) is 9.59 Å². The summed E-state index contributed by atoms with van der Waals surface area (Å²) in [4.78, 5) is 25.0. The Morgan fingerprint density at radius 3 is 2.76 bits per heavy atom. The molecular formula is C14H11N3O3S. The van der Waals surface area contributed by atoms with E-state index < -0.39 is 0 Å². The maximum atomic E-state index is 12.0. The maximum Gasteiger partial charge on any atom is 0.414 e. The Labute approximate surface area is 124 Å². The number of anilines is 1. The van der Waals surface area contributed by atoms with Crippen LogP contribution >= 0.6 is 11.5 Å². The van der Waals surface area contributed by atoms with Crippen LogP contribution in [0.5, 0.6) is 0 Å². The van der Waals surface area contributed by atoms with Crippen molar-refractivity contribution in [1.29, 1.82) is 0 Å². The molecule has 0 atom stereocenters. The second-order valence-corrected chi connectivity index (χ2v) is 4.95. The van der Waals surface area contributed by atoms with E-state index in [1.165, 1.54) is 22.5 Å². The minimum Gasteiger partial charge on any atom is -0.447 e. The van der Waals surface area contributed by atoms with Crippen LogP contribution in [0.1, 0.15) is 16.1 Å². The summed E-state index contributed by atoms with van der Waals surface area (Å²) in [6.45, 7) is 0.923. The topological polar surface area (TPSA) is 72.4 Å². The molecule has 0 radical (unpaired) electrons. The van der Waals surface area contributed by atoms with Crippen LogP contribution in [0, 0.1) is 0 Å². The summed E-state index contributed by atoms with van der Waals surface area (Å²) < 4.78 is 8.59. The SMILES string of the molecule is O=C(/C=C\c1csnn1)c1ccc(N2CCOC2=O)cc1. The summed E-state index contributed by atoms with van der Waals surface area (Å²) >= 11 is 1.23. The largest absolute Gasteiger partial charge is 0.447 e. The molecule has 2 aromatic rings. The Morgan fingerprint density at radius 2 is 2.14 bits per heavy atom. The first-order valence-electron chi connectivity index (χ1n) is 6.28. The van der Waals surface area contributed by atoms with Crippen molar-refractivity contribution in [1.82, 2.24) is 9.59 Å². The van der Waals surface area contributed by atoms with Gasteiger partial charge >= 0.3 is 6.09 Å². The number of ether oxygens (including phenoxy) is 1. The molecule has 1 amide bonds. The number of carbonyl (C=O) groups excluding carboxylic acids is 2. The number of allylic oxidation sites excluding steroid dienone is 1. The number of cyclic esters (lactones) is 1. The van der Waals surface area contributed by atoms with Crippen LogP contribution in [0.25, 0.3) is 6.08 Å². The molecule has 1 aromatic carbocycles. The van der Waals surface area contributed by atoms with Gasteiger partial charge in [-0.2, -0.15) is 0 Å². The van der Waals surface area contributed by atoms with E-state index in [1.807, 2.05) is 0 Å². The number of aromatic nitrogens is 2. The average Bonchev–Trinajstić information content (AvgIpc) is 3.16. The second kappa shape index (κ2) is 5.84. The number of hydrogen-bond donors (Lipinski definition) is 0. The van der Waals surface area contributed by atoms with Crippen LogP contribution in [-0.2, 0) is 4.74 Å². The Balaban J connectivity index is 1.71. The molecule has 0 aliphatic carbocycles. The van der Waals surface area contributed by atoms with Crippen LogP contribution < -0.4 is 4.90 Å². The lowest BCUT2D eigenvalue weighted by atomic mass is 10.1. The highest BCUT2D eigenvalue weighted by Gasteiger charge is 2.23. The minimum absolute atomic E-state index is 0.126. The number of hydrogen-bond acceptors (Lipinski definition) is 6. The predicted octanol–water partition coefficient (Wildman–Crippen LogP) is 2.39. The van der Waals surface area contributed by atoms with E-state index in [1.54, 1.807) is 35.7 Å². The lowest BCUT2D eigenvalue weighted by molar-refractivity contribution is 0.104. The van der Waals surface area contributed by atoms with E-state index in [0.29, 0.717) is 24.4 Å². The van der Waals surface area contributed by atoms with Gasteiger partial charge in [0.2, 0.25) is 0 Å². The normalized spacial score (nSPS) is 14.7. The van der Waals surface area contributed by atoms with Gasteiger partial charge in [-0.05, 0) is 47.9 Å². The molecular weight excluding hydrogens is 290 g/mol. The first-order valence-corrected chi connectivity index (χ1v) is 7.11. The van der Waals surface area contributed by atoms with Crippen LogP contribution in [0.4, 0.5) is 10.5 Å². The third-order valence-electron chi connectivity index (χ3n) is 3.01. The average molecular weight is 301 g/mol. The van der Waals surface area contributed by atoms with Gasteiger partial charge in [-0.1, -0.05) is 4.49 Å².